The maximum Gasteiger partial charge on any atom is 0.230 e. The molecule has 35 heavy (non-hydrogen) atoms. The highest BCUT2D eigenvalue weighted by Gasteiger charge is 2.38. The lowest BCUT2D eigenvalue weighted by atomic mass is 10.1. The van der Waals surface area contributed by atoms with Crippen LogP contribution < -0.4 is 14.2 Å². The predicted octanol–water partition coefficient (Wildman–Crippen LogP) is 3.96. The standard InChI is InChI=1S/C26H28N4O5/c1-15-16(2)29-20-5-4-17(8-18(15)20)35-26-19-9-22(31-3)23(10-21(19)27-13-28-26)32-7-6-30-11-24-25(12-30)34-14-33-24/h4-5,8-10,13,24-25,29H,6-7,11-12,14H2,1-3H3. The Balaban J connectivity index is 1.21. The van der Waals surface area contributed by atoms with Crippen LogP contribution in [-0.4, -0.2) is 72.2 Å². The van der Waals surface area contributed by atoms with E-state index in [-0.39, 0.29) is 12.2 Å². The molecule has 0 amide bonds. The fourth-order valence-electron chi connectivity index (χ4n) is 4.83. The van der Waals surface area contributed by atoms with Crippen molar-refractivity contribution >= 4 is 21.8 Å². The average molecular weight is 477 g/mol. The van der Waals surface area contributed by atoms with Gasteiger partial charge in [0.2, 0.25) is 5.88 Å². The quantitative estimate of drug-likeness (QED) is 0.429. The van der Waals surface area contributed by atoms with Crippen molar-refractivity contribution in [1.29, 1.82) is 0 Å². The first-order valence-corrected chi connectivity index (χ1v) is 11.8. The van der Waals surface area contributed by atoms with Crippen LogP contribution in [0.25, 0.3) is 21.8 Å². The molecule has 0 aliphatic carbocycles. The maximum atomic E-state index is 6.20. The summed E-state index contributed by atoms with van der Waals surface area (Å²) in [6.45, 7) is 7.60. The number of rotatable bonds is 7. The number of nitrogens with one attached hydrogen (secondary N) is 1. The van der Waals surface area contributed by atoms with Gasteiger partial charge in [0.05, 0.1) is 18.0 Å². The molecule has 6 rings (SSSR count). The van der Waals surface area contributed by atoms with E-state index in [0.29, 0.717) is 36.5 Å². The predicted molar refractivity (Wildman–Crippen MR) is 130 cm³/mol. The molecule has 2 aliphatic rings. The first-order chi connectivity index (χ1) is 17.1. The van der Waals surface area contributed by atoms with Crippen LogP contribution in [0.5, 0.6) is 23.1 Å². The van der Waals surface area contributed by atoms with Gasteiger partial charge in [0.15, 0.2) is 11.5 Å². The van der Waals surface area contributed by atoms with E-state index in [0.717, 1.165) is 47.1 Å². The molecule has 2 aliphatic heterocycles. The summed E-state index contributed by atoms with van der Waals surface area (Å²) < 4.78 is 29.1. The number of likely N-dealkylation sites (tertiary alicyclic amines) is 1. The van der Waals surface area contributed by atoms with E-state index in [1.165, 1.54) is 11.9 Å². The molecular formula is C26H28N4O5. The van der Waals surface area contributed by atoms with Crippen LogP contribution in [0.4, 0.5) is 0 Å². The van der Waals surface area contributed by atoms with Gasteiger partial charge in [0.25, 0.3) is 0 Å². The number of benzene rings is 2. The van der Waals surface area contributed by atoms with Crippen LogP contribution in [0.1, 0.15) is 11.3 Å². The van der Waals surface area contributed by atoms with Gasteiger partial charge in [-0.1, -0.05) is 0 Å². The summed E-state index contributed by atoms with van der Waals surface area (Å²) >= 11 is 0. The van der Waals surface area contributed by atoms with Crippen molar-refractivity contribution in [1.82, 2.24) is 19.9 Å². The van der Waals surface area contributed by atoms with Gasteiger partial charge in [0, 0.05) is 42.3 Å². The van der Waals surface area contributed by atoms with E-state index in [1.807, 2.05) is 30.3 Å². The van der Waals surface area contributed by atoms with E-state index in [2.05, 4.69) is 33.7 Å². The van der Waals surface area contributed by atoms with Crippen molar-refractivity contribution in [2.75, 3.05) is 40.1 Å². The van der Waals surface area contributed by atoms with E-state index in [1.54, 1.807) is 7.11 Å². The van der Waals surface area contributed by atoms with Gasteiger partial charge in [-0.3, -0.25) is 4.90 Å². The molecule has 2 saturated heterocycles. The Morgan fingerprint density at radius 2 is 1.86 bits per heavy atom. The van der Waals surface area contributed by atoms with Gasteiger partial charge in [-0.05, 0) is 43.7 Å². The number of aromatic nitrogens is 3. The summed E-state index contributed by atoms with van der Waals surface area (Å²) in [5, 5.41) is 1.88. The van der Waals surface area contributed by atoms with Gasteiger partial charge in [0.1, 0.15) is 37.7 Å². The zero-order valence-corrected chi connectivity index (χ0v) is 20.0. The Labute approximate surface area is 202 Å². The summed E-state index contributed by atoms with van der Waals surface area (Å²) in [5.41, 5.74) is 4.16. The maximum absolute atomic E-state index is 6.20. The highest BCUT2D eigenvalue weighted by atomic mass is 16.7. The highest BCUT2D eigenvalue weighted by molar-refractivity contribution is 5.88. The Hall–Kier alpha value is -3.40. The third-order valence-electron chi connectivity index (χ3n) is 6.90. The molecular weight excluding hydrogens is 448 g/mol. The van der Waals surface area contributed by atoms with Gasteiger partial charge in [-0.2, -0.15) is 0 Å². The molecule has 0 radical (unpaired) electrons. The zero-order chi connectivity index (χ0) is 23.9. The minimum absolute atomic E-state index is 0.172. The molecule has 2 aromatic heterocycles. The number of aryl methyl sites for hydroxylation is 2. The molecule has 2 atom stereocenters. The third kappa shape index (κ3) is 4.16. The summed E-state index contributed by atoms with van der Waals surface area (Å²) in [7, 11) is 1.62. The van der Waals surface area contributed by atoms with E-state index in [9.17, 15) is 0 Å². The smallest absolute Gasteiger partial charge is 0.230 e. The third-order valence-corrected chi connectivity index (χ3v) is 6.90. The lowest BCUT2D eigenvalue weighted by Gasteiger charge is -2.18. The molecule has 2 fully saturated rings. The second-order valence-corrected chi connectivity index (χ2v) is 9.02. The molecule has 9 nitrogen and oxygen atoms in total. The van der Waals surface area contributed by atoms with Crippen LogP contribution in [0.2, 0.25) is 0 Å². The first-order valence-electron chi connectivity index (χ1n) is 11.8. The Bertz CT molecular complexity index is 1380. The van der Waals surface area contributed by atoms with Crippen LogP contribution in [-0.2, 0) is 9.47 Å². The molecule has 0 saturated carbocycles. The number of methoxy groups -OCH3 is 1. The zero-order valence-electron chi connectivity index (χ0n) is 20.0. The minimum Gasteiger partial charge on any atom is -0.493 e. The molecule has 0 bridgehead atoms. The van der Waals surface area contributed by atoms with Crippen LogP contribution in [0, 0.1) is 13.8 Å². The topological polar surface area (TPSA) is 91.0 Å². The molecule has 0 spiro atoms. The summed E-state index contributed by atoms with van der Waals surface area (Å²) in [6.07, 6.45) is 1.85. The number of ether oxygens (including phenoxy) is 5. The van der Waals surface area contributed by atoms with Gasteiger partial charge >= 0.3 is 0 Å². The van der Waals surface area contributed by atoms with Crippen molar-refractivity contribution in [3.63, 3.8) is 0 Å². The minimum atomic E-state index is 0.172. The van der Waals surface area contributed by atoms with E-state index in [4.69, 9.17) is 23.7 Å². The van der Waals surface area contributed by atoms with Gasteiger partial charge in [-0.15, -0.1) is 0 Å². The van der Waals surface area contributed by atoms with Crippen LogP contribution in [0.15, 0.2) is 36.7 Å². The molecule has 1 N–H and O–H groups in total. The molecule has 2 unspecified atom stereocenters. The normalized spacial score (nSPS) is 20.0. The summed E-state index contributed by atoms with van der Waals surface area (Å²) in [6, 6.07) is 9.72. The largest absolute Gasteiger partial charge is 0.493 e. The number of H-pyrrole nitrogens is 1. The molecule has 4 aromatic rings. The monoisotopic (exact) mass is 476 g/mol. The number of hydrogen-bond donors (Lipinski definition) is 1. The van der Waals surface area contributed by atoms with Crippen molar-refractivity contribution < 1.29 is 23.7 Å². The SMILES string of the molecule is COc1cc2c(Oc3ccc4[nH]c(C)c(C)c4c3)ncnc2cc1OCCN1CC2OCOC2C1. The Morgan fingerprint density at radius 3 is 2.66 bits per heavy atom. The fourth-order valence-corrected chi connectivity index (χ4v) is 4.83. The van der Waals surface area contributed by atoms with Gasteiger partial charge in [-0.25, -0.2) is 9.97 Å². The summed E-state index contributed by atoms with van der Waals surface area (Å²) in [5.74, 6) is 2.42. The number of fused-ring (bicyclic) bond motifs is 3. The second-order valence-electron chi connectivity index (χ2n) is 9.02. The second kappa shape index (κ2) is 8.99. The first kappa shape index (κ1) is 22.1. The van der Waals surface area contributed by atoms with E-state index >= 15 is 0 Å². The van der Waals surface area contributed by atoms with Crippen molar-refractivity contribution in [3.05, 3.63) is 47.9 Å². The van der Waals surface area contributed by atoms with E-state index < -0.39 is 0 Å². The van der Waals surface area contributed by atoms with Gasteiger partial charge < -0.3 is 28.7 Å². The van der Waals surface area contributed by atoms with Crippen molar-refractivity contribution in [2.45, 2.75) is 26.1 Å². The van der Waals surface area contributed by atoms with Crippen molar-refractivity contribution in [3.8, 4) is 23.1 Å². The molecule has 2 aromatic carbocycles. The lowest BCUT2D eigenvalue weighted by Crippen LogP contribution is -2.28. The molecule has 182 valence electrons. The Kier molecular flexibility index (Phi) is 5.68. The number of hydrogen-bond acceptors (Lipinski definition) is 8. The number of aromatic amines is 1. The van der Waals surface area contributed by atoms with Crippen molar-refractivity contribution in [2.24, 2.45) is 0 Å². The van der Waals surface area contributed by atoms with Crippen LogP contribution in [0.3, 0.4) is 0 Å². The Morgan fingerprint density at radius 1 is 1.03 bits per heavy atom. The fraction of sp³-hybridized carbons (Fsp3) is 0.385. The summed E-state index contributed by atoms with van der Waals surface area (Å²) in [4.78, 5) is 14.5. The van der Waals surface area contributed by atoms with Crippen LogP contribution >= 0.6 is 0 Å². The molecule has 9 heteroatoms. The molecule has 4 heterocycles. The lowest BCUT2D eigenvalue weighted by molar-refractivity contribution is 0.0140. The average Bonchev–Trinajstić information content (AvgIpc) is 3.53. The highest BCUT2D eigenvalue weighted by Crippen LogP contribution is 2.37. The number of nitrogens with zero attached hydrogens (tertiary/aromatic N) is 3.